The van der Waals surface area contributed by atoms with Crippen molar-refractivity contribution in [3.8, 4) is 11.1 Å². The molecule has 0 unspecified atom stereocenters. The number of rotatable bonds is 9. The van der Waals surface area contributed by atoms with Crippen LogP contribution in [0.15, 0.2) is 61.2 Å². The predicted octanol–water partition coefficient (Wildman–Crippen LogP) is 2.76. The van der Waals surface area contributed by atoms with E-state index in [-0.39, 0.29) is 38.6 Å². The minimum atomic E-state index is -0.669. The Morgan fingerprint density at radius 3 is 2.20 bits per heavy atom. The summed E-state index contributed by atoms with van der Waals surface area (Å²) in [4.78, 5) is 35.1. The zero-order valence-electron chi connectivity index (χ0n) is 16.6. The van der Waals surface area contributed by atoms with Crippen LogP contribution in [0, 0.1) is 0 Å². The smallest absolute Gasteiger partial charge is 0.407 e. The Kier molecular flexibility index (Phi) is 7.21. The fourth-order valence-electron chi connectivity index (χ4n) is 3.39. The maximum Gasteiger partial charge on any atom is 0.407 e. The van der Waals surface area contributed by atoms with Gasteiger partial charge in [0.15, 0.2) is 0 Å². The molecule has 0 aliphatic heterocycles. The van der Waals surface area contributed by atoms with Gasteiger partial charge in [-0.1, -0.05) is 61.2 Å². The molecule has 2 aromatic carbocycles. The van der Waals surface area contributed by atoms with E-state index in [9.17, 15) is 14.4 Å². The topological polar surface area (TPSA) is 93.7 Å². The lowest BCUT2D eigenvalue weighted by atomic mass is 9.98. The van der Waals surface area contributed by atoms with Gasteiger partial charge in [0, 0.05) is 12.5 Å². The number of amides is 2. The highest BCUT2D eigenvalue weighted by Gasteiger charge is 2.28. The molecular weight excluding hydrogens is 384 g/mol. The van der Waals surface area contributed by atoms with Crippen LogP contribution in [0.3, 0.4) is 0 Å². The van der Waals surface area contributed by atoms with Gasteiger partial charge in [-0.15, -0.1) is 0 Å². The molecule has 0 radical (unpaired) electrons. The van der Waals surface area contributed by atoms with Crippen LogP contribution < -0.4 is 10.6 Å². The number of hydrogen-bond acceptors (Lipinski definition) is 5. The van der Waals surface area contributed by atoms with Crippen LogP contribution in [0.25, 0.3) is 11.1 Å². The highest BCUT2D eigenvalue weighted by Crippen LogP contribution is 2.44. The van der Waals surface area contributed by atoms with Crippen LogP contribution >= 0.6 is 0 Å². The zero-order chi connectivity index (χ0) is 21.3. The number of nitrogens with one attached hydrogen (secondary N) is 2. The number of benzene rings is 2. The highest BCUT2D eigenvalue weighted by molar-refractivity contribution is 5.83. The number of carbonyl (C=O) groups is 3. The summed E-state index contributed by atoms with van der Waals surface area (Å²) in [7, 11) is 0. The van der Waals surface area contributed by atoms with Crippen LogP contribution in [-0.2, 0) is 19.1 Å². The molecule has 0 aromatic heterocycles. The van der Waals surface area contributed by atoms with E-state index in [1.165, 1.54) is 6.08 Å². The third-order valence-corrected chi connectivity index (χ3v) is 4.75. The van der Waals surface area contributed by atoms with E-state index < -0.39 is 18.0 Å². The van der Waals surface area contributed by atoms with Crippen LogP contribution in [0.2, 0.25) is 0 Å². The minimum absolute atomic E-state index is 0.0430. The second-order valence-electron chi connectivity index (χ2n) is 6.75. The lowest BCUT2D eigenvalue weighted by molar-refractivity contribution is -0.142. The number of hydrogen-bond donors (Lipinski definition) is 2. The SMILES string of the molecule is C=CCOC(=O)CCNC(=O)CNC(=O)OCC1c2ccccc2-c2ccccc21. The Bertz CT molecular complexity index is 895. The van der Waals surface area contributed by atoms with Crippen molar-refractivity contribution in [3.05, 3.63) is 72.3 Å². The maximum atomic E-state index is 12.0. The van der Waals surface area contributed by atoms with E-state index in [1.54, 1.807) is 0 Å². The maximum absolute atomic E-state index is 12.0. The summed E-state index contributed by atoms with van der Waals surface area (Å²) in [5.74, 6) is -0.890. The second-order valence-corrected chi connectivity index (χ2v) is 6.75. The van der Waals surface area contributed by atoms with Crippen molar-refractivity contribution in [2.75, 3.05) is 26.3 Å². The molecule has 30 heavy (non-hydrogen) atoms. The summed E-state index contributed by atoms with van der Waals surface area (Å²) in [6, 6.07) is 16.1. The summed E-state index contributed by atoms with van der Waals surface area (Å²) in [5.41, 5.74) is 4.53. The number of ether oxygens (including phenoxy) is 2. The number of alkyl carbamates (subject to hydrolysis) is 1. The van der Waals surface area contributed by atoms with Crippen molar-refractivity contribution >= 4 is 18.0 Å². The number of carbonyl (C=O) groups excluding carboxylic acids is 3. The molecule has 2 aromatic rings. The van der Waals surface area contributed by atoms with Gasteiger partial charge in [0.2, 0.25) is 5.91 Å². The van der Waals surface area contributed by atoms with Gasteiger partial charge in [-0.3, -0.25) is 9.59 Å². The summed E-state index contributed by atoms with van der Waals surface area (Å²) in [5, 5.41) is 4.96. The van der Waals surface area contributed by atoms with E-state index in [0.29, 0.717) is 0 Å². The molecule has 7 heteroatoms. The predicted molar refractivity (Wildman–Crippen MR) is 112 cm³/mol. The van der Waals surface area contributed by atoms with E-state index >= 15 is 0 Å². The molecule has 1 aliphatic rings. The zero-order valence-corrected chi connectivity index (χ0v) is 16.6. The van der Waals surface area contributed by atoms with Gasteiger partial charge in [-0.05, 0) is 22.3 Å². The Morgan fingerprint density at radius 2 is 1.57 bits per heavy atom. The van der Waals surface area contributed by atoms with Gasteiger partial charge >= 0.3 is 12.1 Å². The summed E-state index contributed by atoms with van der Waals surface area (Å²) >= 11 is 0. The van der Waals surface area contributed by atoms with Gasteiger partial charge in [0.05, 0.1) is 13.0 Å². The van der Waals surface area contributed by atoms with E-state index in [0.717, 1.165) is 22.3 Å². The third-order valence-electron chi connectivity index (χ3n) is 4.75. The van der Waals surface area contributed by atoms with Crippen molar-refractivity contribution in [3.63, 3.8) is 0 Å². The molecule has 7 nitrogen and oxygen atoms in total. The van der Waals surface area contributed by atoms with Gasteiger partial charge in [0.25, 0.3) is 0 Å². The number of esters is 1. The molecule has 2 amide bonds. The summed E-state index contributed by atoms with van der Waals surface area (Å²) in [6.45, 7) is 3.65. The van der Waals surface area contributed by atoms with Crippen molar-refractivity contribution in [2.24, 2.45) is 0 Å². The van der Waals surface area contributed by atoms with Crippen LogP contribution in [0.5, 0.6) is 0 Å². The Labute approximate surface area is 175 Å². The third kappa shape index (κ3) is 5.26. The summed E-state index contributed by atoms with van der Waals surface area (Å²) < 4.78 is 10.2. The summed E-state index contributed by atoms with van der Waals surface area (Å²) in [6.07, 6.45) is 0.844. The standard InChI is InChI=1S/C23H24N2O5/c1-2-13-29-22(27)11-12-24-21(26)14-25-23(28)30-15-20-18-9-5-3-7-16(18)17-8-4-6-10-19(17)20/h2-10,20H,1,11-15H2,(H,24,26)(H,25,28). The van der Waals surface area contributed by atoms with Crippen molar-refractivity contribution in [2.45, 2.75) is 12.3 Å². The van der Waals surface area contributed by atoms with Crippen molar-refractivity contribution in [1.82, 2.24) is 10.6 Å². The quantitative estimate of drug-likeness (QED) is 0.492. The first-order valence-corrected chi connectivity index (χ1v) is 9.72. The largest absolute Gasteiger partial charge is 0.461 e. The Morgan fingerprint density at radius 1 is 0.933 bits per heavy atom. The van der Waals surface area contributed by atoms with E-state index in [4.69, 9.17) is 9.47 Å². The monoisotopic (exact) mass is 408 g/mol. The lowest BCUT2D eigenvalue weighted by Crippen LogP contribution is -2.38. The average molecular weight is 408 g/mol. The van der Waals surface area contributed by atoms with E-state index in [2.05, 4.69) is 29.3 Å². The lowest BCUT2D eigenvalue weighted by Gasteiger charge is -2.14. The first-order chi connectivity index (χ1) is 14.6. The van der Waals surface area contributed by atoms with E-state index in [1.807, 2.05) is 36.4 Å². The number of fused-ring (bicyclic) bond motifs is 3. The molecule has 0 saturated carbocycles. The molecular formula is C23H24N2O5. The van der Waals surface area contributed by atoms with Gasteiger partial charge in [0.1, 0.15) is 13.2 Å². The fraction of sp³-hybridized carbons (Fsp3) is 0.261. The fourth-order valence-corrected chi connectivity index (χ4v) is 3.39. The first kappa shape index (κ1) is 21.1. The Balaban J connectivity index is 1.43. The Hall–Kier alpha value is -3.61. The highest BCUT2D eigenvalue weighted by atomic mass is 16.5. The van der Waals surface area contributed by atoms with Gasteiger partial charge in [-0.2, -0.15) is 0 Å². The molecule has 0 heterocycles. The average Bonchev–Trinajstić information content (AvgIpc) is 3.08. The molecule has 0 bridgehead atoms. The molecule has 2 N–H and O–H groups in total. The van der Waals surface area contributed by atoms with Gasteiger partial charge < -0.3 is 20.1 Å². The molecule has 1 aliphatic carbocycles. The molecule has 0 saturated heterocycles. The minimum Gasteiger partial charge on any atom is -0.461 e. The molecule has 156 valence electrons. The van der Waals surface area contributed by atoms with Crippen molar-refractivity contribution in [1.29, 1.82) is 0 Å². The second kappa shape index (κ2) is 10.2. The molecule has 3 rings (SSSR count). The normalized spacial score (nSPS) is 11.7. The van der Waals surface area contributed by atoms with Crippen LogP contribution in [0.1, 0.15) is 23.5 Å². The van der Waals surface area contributed by atoms with Gasteiger partial charge in [-0.25, -0.2) is 4.79 Å². The molecule has 0 fully saturated rings. The molecule has 0 atom stereocenters. The first-order valence-electron chi connectivity index (χ1n) is 9.72. The van der Waals surface area contributed by atoms with Crippen molar-refractivity contribution < 1.29 is 23.9 Å². The van der Waals surface area contributed by atoms with Crippen LogP contribution in [-0.4, -0.2) is 44.3 Å². The molecule has 0 spiro atoms. The van der Waals surface area contributed by atoms with Crippen LogP contribution in [0.4, 0.5) is 4.79 Å².